The monoisotopic (exact) mass is 493 g/mol. The van der Waals surface area contributed by atoms with Crippen LogP contribution in [0.15, 0.2) is 57.2 Å². The van der Waals surface area contributed by atoms with Crippen LogP contribution in [0.2, 0.25) is 0 Å². The van der Waals surface area contributed by atoms with Gasteiger partial charge in [0.05, 0.1) is 14.7 Å². The quantitative estimate of drug-likeness (QED) is 0.278. The Bertz CT molecular complexity index is 1530. The molecule has 0 amide bonds. The Kier molecular flexibility index (Phi) is 6.77. The van der Waals surface area contributed by atoms with E-state index in [1.54, 1.807) is 18.2 Å². The molecule has 12 nitrogen and oxygen atoms in total. The topological polar surface area (TPSA) is 281 Å². The van der Waals surface area contributed by atoms with Gasteiger partial charge in [-0.15, -0.1) is 0 Å². The maximum Gasteiger partial charge on any atom is 0.127 e. The van der Waals surface area contributed by atoms with Gasteiger partial charge in [-0.1, -0.05) is 42.5 Å². The number of hydrogen-bond donors (Lipinski definition) is 3. The van der Waals surface area contributed by atoms with Crippen LogP contribution in [0.25, 0.3) is 32.3 Å². The molecule has 12 N–H and O–H groups in total. The van der Waals surface area contributed by atoms with Gasteiger partial charge in [-0.25, -0.2) is 25.3 Å². The Morgan fingerprint density at radius 2 is 0.839 bits per heavy atom. The molecule has 4 aromatic carbocycles. The predicted molar refractivity (Wildman–Crippen MR) is 112 cm³/mol. The molecule has 0 heterocycles. The molecule has 0 atom stereocenters. The van der Waals surface area contributed by atoms with E-state index in [-0.39, 0.29) is 23.8 Å². The first kappa shape index (κ1) is 26.6. The van der Waals surface area contributed by atoms with E-state index in [4.69, 9.17) is 0 Å². The SMILES string of the molecule is O=S(=O)([O-])c1c(S(=O)(=O)[O-])c2ccc3cccc4ccc(c1S(=O)(=O)[O-])c2c34.[NH4+].[NH4+].[NH4+]. The lowest BCUT2D eigenvalue weighted by Gasteiger charge is -2.25. The van der Waals surface area contributed by atoms with E-state index in [0.717, 1.165) is 12.1 Å². The van der Waals surface area contributed by atoms with Crippen LogP contribution in [0.1, 0.15) is 0 Å². The molecule has 0 bridgehead atoms. The van der Waals surface area contributed by atoms with Crippen molar-refractivity contribution >= 4 is 62.7 Å². The molecule has 4 aromatic rings. The molecule has 0 fully saturated rings. The molecule has 0 aliphatic heterocycles. The van der Waals surface area contributed by atoms with E-state index in [2.05, 4.69) is 0 Å². The summed E-state index contributed by atoms with van der Waals surface area (Å²) in [6.45, 7) is 0. The van der Waals surface area contributed by atoms with Crippen molar-refractivity contribution in [1.29, 1.82) is 0 Å². The predicted octanol–water partition coefficient (Wildman–Crippen LogP) is 2.42. The summed E-state index contributed by atoms with van der Waals surface area (Å²) in [6.07, 6.45) is 0. The van der Waals surface area contributed by atoms with E-state index in [1.807, 2.05) is 0 Å². The molecule has 4 rings (SSSR count). The lowest BCUT2D eigenvalue weighted by atomic mass is 9.94. The Labute approximate surface area is 177 Å². The first-order valence-corrected chi connectivity index (χ1v) is 11.7. The Balaban J connectivity index is 0.00000160. The molecule has 31 heavy (non-hydrogen) atoms. The van der Waals surface area contributed by atoms with Gasteiger partial charge in [-0.05, 0) is 21.5 Å². The van der Waals surface area contributed by atoms with Gasteiger partial charge >= 0.3 is 0 Å². The fourth-order valence-electron chi connectivity index (χ4n) is 3.53. The van der Waals surface area contributed by atoms with Crippen molar-refractivity contribution in [3.8, 4) is 0 Å². The van der Waals surface area contributed by atoms with Gasteiger partial charge < -0.3 is 32.1 Å². The summed E-state index contributed by atoms with van der Waals surface area (Å²) < 4.78 is 107. The Morgan fingerprint density at radius 3 is 1.16 bits per heavy atom. The minimum atomic E-state index is -5.83. The summed E-state index contributed by atoms with van der Waals surface area (Å²) >= 11 is 0. The van der Waals surface area contributed by atoms with Crippen LogP contribution in [0, 0.1) is 0 Å². The summed E-state index contributed by atoms with van der Waals surface area (Å²) in [7, 11) is -17.1. The number of quaternary nitrogens is 3. The second-order valence-electron chi connectivity index (χ2n) is 6.03. The summed E-state index contributed by atoms with van der Waals surface area (Å²) in [6, 6.07) is 9.91. The Hall–Kier alpha value is -2.47. The van der Waals surface area contributed by atoms with Gasteiger partial charge in [0.25, 0.3) is 0 Å². The fourth-order valence-corrected chi connectivity index (χ4v) is 7.03. The Morgan fingerprint density at radius 1 is 0.484 bits per heavy atom. The maximum absolute atomic E-state index is 11.9. The van der Waals surface area contributed by atoms with Crippen molar-refractivity contribution in [3.63, 3.8) is 0 Å². The molecule has 0 radical (unpaired) electrons. The van der Waals surface area contributed by atoms with Crippen molar-refractivity contribution in [2.24, 2.45) is 0 Å². The molecule has 0 saturated carbocycles. The van der Waals surface area contributed by atoms with Gasteiger partial charge in [0, 0.05) is 10.8 Å². The van der Waals surface area contributed by atoms with Gasteiger partial charge in [-0.2, -0.15) is 0 Å². The molecular formula is C16H19N3O9S3. The van der Waals surface area contributed by atoms with Gasteiger partial charge in [0.1, 0.15) is 30.4 Å². The lowest BCUT2D eigenvalue weighted by molar-refractivity contribution is 0.439. The third-order valence-electron chi connectivity index (χ3n) is 4.43. The van der Waals surface area contributed by atoms with Gasteiger partial charge in [0.15, 0.2) is 0 Å². The number of hydrogen-bond acceptors (Lipinski definition) is 9. The van der Waals surface area contributed by atoms with Crippen LogP contribution in [-0.4, -0.2) is 38.9 Å². The summed E-state index contributed by atoms with van der Waals surface area (Å²) in [5, 5.41) is 0.370. The van der Waals surface area contributed by atoms with Crippen molar-refractivity contribution in [1.82, 2.24) is 18.5 Å². The summed E-state index contributed by atoms with van der Waals surface area (Å²) in [5.41, 5.74) is 0. The second kappa shape index (κ2) is 7.90. The van der Waals surface area contributed by atoms with Crippen molar-refractivity contribution in [3.05, 3.63) is 42.5 Å². The average molecular weight is 494 g/mol. The van der Waals surface area contributed by atoms with E-state index in [1.165, 1.54) is 12.1 Å². The van der Waals surface area contributed by atoms with Crippen LogP contribution in [0.3, 0.4) is 0 Å². The zero-order valence-corrected chi connectivity index (χ0v) is 18.9. The highest BCUT2D eigenvalue weighted by atomic mass is 32.2. The molecule has 0 spiro atoms. The van der Waals surface area contributed by atoms with Crippen LogP contribution in [-0.2, 0) is 30.4 Å². The number of rotatable bonds is 3. The highest BCUT2D eigenvalue weighted by molar-refractivity contribution is 7.90. The van der Waals surface area contributed by atoms with E-state index >= 15 is 0 Å². The van der Waals surface area contributed by atoms with Crippen molar-refractivity contribution in [2.45, 2.75) is 14.7 Å². The highest BCUT2D eigenvalue weighted by Crippen LogP contribution is 2.44. The van der Waals surface area contributed by atoms with Crippen LogP contribution >= 0.6 is 0 Å². The number of benzene rings is 4. The van der Waals surface area contributed by atoms with Crippen LogP contribution in [0.4, 0.5) is 0 Å². The van der Waals surface area contributed by atoms with Crippen LogP contribution in [0.5, 0.6) is 0 Å². The molecule has 0 aliphatic rings. The molecule has 0 aliphatic carbocycles. The van der Waals surface area contributed by atoms with E-state index in [0.29, 0.717) is 16.2 Å². The van der Waals surface area contributed by atoms with Gasteiger partial charge in [-0.3, -0.25) is 0 Å². The zero-order chi connectivity index (χ0) is 20.6. The molecule has 0 saturated heterocycles. The molecule has 170 valence electrons. The molecule has 0 aromatic heterocycles. The largest absolute Gasteiger partial charge is 0.744 e. The molecule has 0 unspecified atom stereocenters. The third kappa shape index (κ3) is 3.93. The second-order valence-corrected chi connectivity index (χ2v) is 9.98. The molecule has 15 heteroatoms. The minimum Gasteiger partial charge on any atom is -0.744 e. The normalized spacial score (nSPS) is 12.4. The third-order valence-corrected chi connectivity index (χ3v) is 7.44. The average Bonchev–Trinajstić information content (AvgIpc) is 2.55. The maximum atomic E-state index is 11.9. The van der Waals surface area contributed by atoms with Crippen molar-refractivity contribution < 1.29 is 38.9 Å². The lowest BCUT2D eigenvalue weighted by Crippen LogP contribution is -2.16. The standard InChI is InChI=1S/C16H10O9S3.3H3N/c17-26(18,19)14-10-6-4-8-2-1-3-9-5-7-11(13(10)12(8)9)15(27(20,21)22)16(14)28(23,24)25;;;/h1-7H,(H,17,18,19)(H,20,21,22)(H,23,24,25);3*1H3. The summed E-state index contributed by atoms with van der Waals surface area (Å²) in [5.74, 6) is 0. The fraction of sp³-hybridized carbons (Fsp3) is 0. The zero-order valence-electron chi connectivity index (χ0n) is 16.4. The van der Waals surface area contributed by atoms with E-state index in [9.17, 15) is 38.9 Å². The highest BCUT2D eigenvalue weighted by Gasteiger charge is 2.29. The van der Waals surface area contributed by atoms with Gasteiger partial charge in [0.2, 0.25) is 0 Å². The van der Waals surface area contributed by atoms with Crippen LogP contribution < -0.4 is 18.5 Å². The minimum absolute atomic E-state index is 0. The first-order valence-electron chi connectivity index (χ1n) is 7.43. The first-order chi connectivity index (χ1) is 12.8. The smallest absolute Gasteiger partial charge is 0.127 e. The summed E-state index contributed by atoms with van der Waals surface area (Å²) in [4.78, 5) is -4.92. The van der Waals surface area contributed by atoms with E-state index < -0.39 is 55.8 Å². The molecular weight excluding hydrogens is 474 g/mol. The van der Waals surface area contributed by atoms with Crippen molar-refractivity contribution in [2.75, 3.05) is 0 Å².